The fourth-order valence-electron chi connectivity index (χ4n) is 2.44. The highest BCUT2D eigenvalue weighted by Gasteiger charge is 2.51. The van der Waals surface area contributed by atoms with Crippen LogP contribution in [0.5, 0.6) is 0 Å². The highest BCUT2D eigenvalue weighted by Crippen LogP contribution is 2.42. The number of nitrogens with one attached hydrogen (secondary N) is 1. The smallest absolute Gasteiger partial charge is 0.408 e. The summed E-state index contributed by atoms with van der Waals surface area (Å²) in [6.45, 7) is 21.3. The van der Waals surface area contributed by atoms with Crippen LogP contribution in [0.1, 0.15) is 27.7 Å². The van der Waals surface area contributed by atoms with E-state index < -0.39 is 16.3 Å². The van der Waals surface area contributed by atoms with Crippen molar-refractivity contribution in [1.29, 1.82) is 0 Å². The van der Waals surface area contributed by atoms with E-state index in [1.165, 1.54) is 0 Å². The van der Waals surface area contributed by atoms with E-state index in [2.05, 4.69) is 50.3 Å². The van der Waals surface area contributed by atoms with Crippen LogP contribution in [0.4, 0.5) is 0 Å². The first-order chi connectivity index (χ1) is 11.5. The van der Waals surface area contributed by atoms with E-state index in [0.717, 1.165) is 0 Å². The van der Waals surface area contributed by atoms with Crippen LogP contribution < -0.4 is 5.32 Å². The van der Waals surface area contributed by atoms with Crippen LogP contribution >= 0.6 is 8.00 Å². The maximum atomic E-state index is 6.82. The van der Waals surface area contributed by atoms with E-state index in [9.17, 15) is 0 Å². The molecule has 0 amide bonds. The molecule has 25 heavy (non-hydrogen) atoms. The first kappa shape index (κ1) is 22.7. The normalized spacial score (nSPS) is 28.0. The standard InChI is InChI=1S/C17H34N2O4PSi/c1-13-15(23-25(8,9)17(2,3)4)16(14(21-13)12-19-6)22-24(7)20-11-10-18-5/h13-16,19H,7,10-12H2,1-4,6,8-9H3/q+1/t13-,14+,15?,16-/m0/s1. The van der Waals surface area contributed by atoms with Crippen LogP contribution in [0.3, 0.4) is 0 Å². The average Bonchev–Trinajstić information content (AvgIpc) is 2.75. The molecule has 1 heterocycles. The van der Waals surface area contributed by atoms with Gasteiger partial charge in [-0.3, -0.25) is 0 Å². The summed E-state index contributed by atoms with van der Waals surface area (Å²) < 4.78 is 24.4. The van der Waals surface area contributed by atoms with Gasteiger partial charge in [0.1, 0.15) is 18.5 Å². The summed E-state index contributed by atoms with van der Waals surface area (Å²) in [4.78, 5) is 3.28. The average molecular weight is 390 g/mol. The van der Waals surface area contributed by atoms with Gasteiger partial charge in [0.15, 0.2) is 21.0 Å². The van der Waals surface area contributed by atoms with Crippen molar-refractivity contribution in [1.82, 2.24) is 5.32 Å². The molecule has 1 rings (SSSR count). The number of nitrogens with zero attached hydrogens (tertiary/aromatic N) is 1. The van der Waals surface area contributed by atoms with Gasteiger partial charge in [0, 0.05) is 6.54 Å². The Morgan fingerprint density at radius 3 is 2.48 bits per heavy atom. The minimum atomic E-state index is -1.96. The number of likely N-dealkylation sites (N-methyl/N-ethyl adjacent to an activating group) is 1. The second-order valence-electron chi connectivity index (χ2n) is 7.90. The first-order valence-electron chi connectivity index (χ1n) is 8.75. The predicted molar refractivity (Wildman–Crippen MR) is 107 cm³/mol. The van der Waals surface area contributed by atoms with Crippen LogP contribution in [0.25, 0.3) is 4.85 Å². The van der Waals surface area contributed by atoms with Gasteiger partial charge in [0.05, 0.1) is 6.10 Å². The molecule has 1 fully saturated rings. The van der Waals surface area contributed by atoms with E-state index >= 15 is 0 Å². The SMILES string of the molecule is [C-]#[N+]CCO[P+](=C)O[C@@H]1C(O[Si](C)(C)C(C)(C)C)[C@H](C)O[C@@H]1CNC. The lowest BCUT2D eigenvalue weighted by Gasteiger charge is -2.39. The molecule has 0 spiro atoms. The van der Waals surface area contributed by atoms with Gasteiger partial charge in [-0.05, 0) is 32.1 Å². The summed E-state index contributed by atoms with van der Waals surface area (Å²) >= 11 is 0. The van der Waals surface area contributed by atoms with Crippen molar-refractivity contribution in [3.63, 3.8) is 0 Å². The molecule has 6 nitrogen and oxygen atoms in total. The highest BCUT2D eigenvalue weighted by molar-refractivity contribution is 7.45. The van der Waals surface area contributed by atoms with Crippen molar-refractivity contribution in [3.05, 3.63) is 11.4 Å². The zero-order valence-corrected chi connectivity index (χ0v) is 18.6. The minimum absolute atomic E-state index is 0.0517. The quantitative estimate of drug-likeness (QED) is 0.283. The maximum Gasteiger partial charge on any atom is 0.423 e. The Balaban J connectivity index is 2.88. The van der Waals surface area contributed by atoms with E-state index in [0.29, 0.717) is 19.7 Å². The second kappa shape index (κ2) is 9.57. The van der Waals surface area contributed by atoms with Gasteiger partial charge in [0.2, 0.25) is 6.54 Å². The molecule has 1 aliphatic rings. The fourth-order valence-corrected chi connectivity index (χ4v) is 4.67. The van der Waals surface area contributed by atoms with Crippen molar-refractivity contribution in [2.75, 3.05) is 26.7 Å². The molecule has 5 atom stereocenters. The molecule has 0 saturated carbocycles. The summed E-state index contributed by atoms with van der Waals surface area (Å²) in [6.07, 6.45) is 3.44. The third-order valence-corrected chi connectivity index (χ3v) is 10.3. The van der Waals surface area contributed by atoms with Crippen LogP contribution in [-0.2, 0) is 18.2 Å². The number of hydrogen-bond acceptors (Lipinski definition) is 5. The van der Waals surface area contributed by atoms with Gasteiger partial charge in [-0.1, -0.05) is 20.8 Å². The Hall–Kier alpha value is -0.323. The van der Waals surface area contributed by atoms with Crippen molar-refractivity contribution in [2.45, 2.75) is 70.2 Å². The van der Waals surface area contributed by atoms with Gasteiger partial charge < -0.3 is 19.3 Å². The lowest BCUT2D eigenvalue weighted by Crippen LogP contribution is -2.49. The van der Waals surface area contributed by atoms with Gasteiger partial charge in [-0.15, -0.1) is 9.05 Å². The minimum Gasteiger partial charge on any atom is -0.408 e. The summed E-state index contributed by atoms with van der Waals surface area (Å²) in [6, 6.07) is 0. The third kappa shape index (κ3) is 6.41. The Morgan fingerprint density at radius 1 is 1.32 bits per heavy atom. The molecule has 0 radical (unpaired) electrons. The fraction of sp³-hybridized carbons (Fsp3) is 0.882. The van der Waals surface area contributed by atoms with Crippen LogP contribution in [-0.4, -0.2) is 65.8 Å². The predicted octanol–water partition coefficient (Wildman–Crippen LogP) is 3.45. The Labute approximate surface area is 155 Å². The Morgan fingerprint density at radius 2 is 1.96 bits per heavy atom. The molecule has 0 bridgehead atoms. The molecule has 0 aromatic rings. The monoisotopic (exact) mass is 389 g/mol. The molecule has 8 heteroatoms. The Kier molecular flexibility index (Phi) is 8.69. The molecular formula is C17H34N2O4PSi+. The first-order valence-corrected chi connectivity index (χ1v) is 13.0. The second-order valence-corrected chi connectivity index (χ2v) is 13.8. The number of ether oxygens (including phenoxy) is 1. The van der Waals surface area contributed by atoms with Crippen LogP contribution in [0.2, 0.25) is 18.1 Å². The molecule has 1 aliphatic heterocycles. The van der Waals surface area contributed by atoms with Gasteiger partial charge >= 0.3 is 8.00 Å². The Bertz CT molecular complexity index is 490. The van der Waals surface area contributed by atoms with Gasteiger partial charge in [-0.25, -0.2) is 6.57 Å². The van der Waals surface area contributed by atoms with E-state index in [-0.39, 0.29) is 29.5 Å². The lowest BCUT2D eigenvalue weighted by atomic mass is 10.1. The van der Waals surface area contributed by atoms with Crippen molar-refractivity contribution >= 4 is 22.6 Å². The van der Waals surface area contributed by atoms with E-state index in [1.54, 1.807) is 0 Å². The summed E-state index contributed by atoms with van der Waals surface area (Å²) in [5, 5.41) is 3.27. The zero-order valence-electron chi connectivity index (χ0n) is 16.7. The highest BCUT2D eigenvalue weighted by atomic mass is 31.1. The van der Waals surface area contributed by atoms with E-state index in [1.807, 2.05) is 14.0 Å². The van der Waals surface area contributed by atoms with Gasteiger partial charge in [0.25, 0.3) is 0 Å². The summed E-state index contributed by atoms with van der Waals surface area (Å²) in [7, 11) is -1.39. The van der Waals surface area contributed by atoms with Crippen LogP contribution in [0, 0.1) is 6.57 Å². The van der Waals surface area contributed by atoms with Gasteiger partial charge in [-0.2, -0.15) is 0 Å². The summed E-state index contributed by atoms with van der Waals surface area (Å²) in [5.74, 6) is 0. The van der Waals surface area contributed by atoms with Crippen molar-refractivity contribution < 1.29 is 18.2 Å². The summed E-state index contributed by atoms with van der Waals surface area (Å²) in [5.41, 5.74) is 0. The number of rotatable bonds is 9. The third-order valence-electron chi connectivity index (χ3n) is 4.86. The van der Waals surface area contributed by atoms with E-state index in [4.69, 9.17) is 24.8 Å². The molecule has 0 aliphatic carbocycles. The lowest BCUT2D eigenvalue weighted by molar-refractivity contribution is 0.0229. The molecule has 1 saturated heterocycles. The molecule has 144 valence electrons. The number of hydrogen-bond donors (Lipinski definition) is 1. The van der Waals surface area contributed by atoms with Crippen LogP contribution in [0.15, 0.2) is 0 Å². The molecular weight excluding hydrogens is 355 g/mol. The van der Waals surface area contributed by atoms with Crippen molar-refractivity contribution in [3.8, 4) is 0 Å². The topological polar surface area (TPSA) is 53.3 Å². The molecule has 1 N–H and O–H groups in total. The molecule has 0 aromatic heterocycles. The van der Waals surface area contributed by atoms with Crippen molar-refractivity contribution in [2.24, 2.45) is 0 Å². The largest absolute Gasteiger partial charge is 0.423 e. The molecule has 2 unspecified atom stereocenters. The zero-order chi connectivity index (χ0) is 19.3. The molecule has 0 aromatic carbocycles. The maximum absolute atomic E-state index is 6.82.